The largest absolute Gasteiger partial charge is 0.466 e. The molecule has 0 spiro atoms. The van der Waals surface area contributed by atoms with E-state index >= 15 is 0 Å². The second-order valence-corrected chi connectivity index (χ2v) is 5.40. The summed E-state index contributed by atoms with van der Waals surface area (Å²) < 4.78 is 6.83. The number of carbonyl (C=O) groups is 1. The molecule has 0 radical (unpaired) electrons. The summed E-state index contributed by atoms with van der Waals surface area (Å²) in [4.78, 5) is 12.5. The van der Waals surface area contributed by atoms with E-state index in [0.717, 1.165) is 0 Å². The predicted octanol–water partition coefficient (Wildman–Crippen LogP) is 2.10. The van der Waals surface area contributed by atoms with Crippen molar-refractivity contribution in [1.82, 2.24) is 15.1 Å². The minimum absolute atomic E-state index is 0.0345. The topological polar surface area (TPSA) is 80.3 Å². The molecule has 0 aliphatic carbocycles. The number of hydrogen-bond donors (Lipinski definition) is 2. The van der Waals surface area contributed by atoms with Crippen molar-refractivity contribution in [3.8, 4) is 5.69 Å². The number of nitrogens with one attached hydrogen (secondary N) is 1. The van der Waals surface area contributed by atoms with Crippen LogP contribution in [0.5, 0.6) is 0 Å². The van der Waals surface area contributed by atoms with Gasteiger partial charge in [0, 0.05) is 12.4 Å². The van der Waals surface area contributed by atoms with Gasteiger partial charge in [-0.15, -0.1) is 0 Å². The van der Waals surface area contributed by atoms with Crippen LogP contribution in [0.4, 0.5) is 0 Å². The molecule has 23 heavy (non-hydrogen) atoms. The first-order valence-electron chi connectivity index (χ1n) is 7.21. The molecule has 0 bridgehead atoms. The molecule has 0 aliphatic rings. The van der Waals surface area contributed by atoms with E-state index in [2.05, 4.69) is 10.4 Å². The molecule has 0 fully saturated rings. The van der Waals surface area contributed by atoms with E-state index in [1.54, 1.807) is 54.3 Å². The summed E-state index contributed by atoms with van der Waals surface area (Å²) in [5, 5.41) is 17.3. The second kappa shape index (κ2) is 6.10. The lowest BCUT2D eigenvalue weighted by Gasteiger charge is -2.21. The Kier molecular flexibility index (Phi) is 3.99. The highest BCUT2D eigenvalue weighted by Gasteiger charge is 2.27. The Labute approximate surface area is 133 Å². The van der Waals surface area contributed by atoms with Crippen LogP contribution in [0.25, 0.3) is 5.69 Å². The number of nitrogens with zero attached hydrogens (tertiary/aromatic N) is 2. The van der Waals surface area contributed by atoms with Crippen LogP contribution >= 0.6 is 0 Å². The molecular weight excluding hydrogens is 294 g/mol. The lowest BCUT2D eigenvalue weighted by atomic mass is 10.0. The van der Waals surface area contributed by atoms with Gasteiger partial charge in [-0.25, -0.2) is 4.68 Å². The highest BCUT2D eigenvalue weighted by atomic mass is 16.4. The Morgan fingerprint density at radius 3 is 2.83 bits per heavy atom. The summed E-state index contributed by atoms with van der Waals surface area (Å²) in [6.45, 7) is 1.62. The van der Waals surface area contributed by atoms with Crippen molar-refractivity contribution in [1.29, 1.82) is 0 Å². The Morgan fingerprint density at radius 1 is 1.30 bits per heavy atom. The van der Waals surface area contributed by atoms with E-state index in [4.69, 9.17) is 4.42 Å². The zero-order valence-electron chi connectivity index (χ0n) is 12.6. The summed E-state index contributed by atoms with van der Waals surface area (Å²) in [6.07, 6.45) is 4.90. The van der Waals surface area contributed by atoms with Crippen LogP contribution in [0.15, 0.2) is 65.5 Å². The van der Waals surface area contributed by atoms with Crippen molar-refractivity contribution in [3.05, 3.63) is 72.4 Å². The third-order valence-electron chi connectivity index (χ3n) is 3.55. The van der Waals surface area contributed by atoms with E-state index in [1.165, 1.54) is 6.26 Å². The van der Waals surface area contributed by atoms with Crippen molar-refractivity contribution in [2.75, 3.05) is 6.54 Å². The first kappa shape index (κ1) is 15.1. The Bertz CT molecular complexity index is 777. The Hall–Kier alpha value is -2.86. The summed E-state index contributed by atoms with van der Waals surface area (Å²) in [5.41, 5.74) is -0.126. The number of aliphatic hydroxyl groups is 1. The minimum Gasteiger partial charge on any atom is -0.466 e. The van der Waals surface area contributed by atoms with Crippen LogP contribution in [-0.4, -0.2) is 27.3 Å². The number of carbonyl (C=O) groups excluding carboxylic acids is 1. The molecule has 1 unspecified atom stereocenters. The number of hydrogen-bond acceptors (Lipinski definition) is 4. The van der Waals surface area contributed by atoms with Gasteiger partial charge in [-0.3, -0.25) is 4.79 Å². The van der Waals surface area contributed by atoms with E-state index in [-0.39, 0.29) is 12.5 Å². The van der Waals surface area contributed by atoms with Gasteiger partial charge in [0.15, 0.2) is 0 Å². The van der Waals surface area contributed by atoms with Crippen LogP contribution in [0.3, 0.4) is 0 Å². The first-order valence-corrected chi connectivity index (χ1v) is 7.21. The molecule has 0 saturated carbocycles. The monoisotopic (exact) mass is 311 g/mol. The van der Waals surface area contributed by atoms with Crippen molar-refractivity contribution >= 4 is 5.91 Å². The standard InChI is InChI=1S/C17H17N3O3/c1-17(22,15-8-4-11-23-15)12-18-16(21)13-6-2-3-7-14(13)20-10-5-9-19-20/h2-11,22H,12H2,1H3,(H,18,21). The van der Waals surface area contributed by atoms with E-state index in [1.807, 2.05) is 12.1 Å². The number of aromatic nitrogens is 2. The molecule has 2 N–H and O–H groups in total. The number of para-hydroxylation sites is 1. The van der Waals surface area contributed by atoms with Gasteiger partial charge in [-0.05, 0) is 37.3 Å². The van der Waals surface area contributed by atoms with Crippen molar-refractivity contribution in [3.63, 3.8) is 0 Å². The zero-order chi connectivity index (χ0) is 16.3. The van der Waals surface area contributed by atoms with Gasteiger partial charge in [-0.2, -0.15) is 5.10 Å². The fourth-order valence-electron chi connectivity index (χ4n) is 2.30. The average Bonchev–Trinajstić information content (AvgIpc) is 3.25. The first-order chi connectivity index (χ1) is 11.1. The minimum atomic E-state index is -1.28. The molecule has 3 rings (SSSR count). The summed E-state index contributed by atoms with van der Waals surface area (Å²) >= 11 is 0. The number of amides is 1. The molecule has 6 heteroatoms. The highest BCUT2D eigenvalue weighted by Crippen LogP contribution is 2.20. The molecule has 1 aromatic carbocycles. The quantitative estimate of drug-likeness (QED) is 0.756. The molecule has 2 heterocycles. The lowest BCUT2D eigenvalue weighted by Crippen LogP contribution is -2.38. The normalized spacial score (nSPS) is 13.5. The van der Waals surface area contributed by atoms with Crippen LogP contribution in [-0.2, 0) is 5.60 Å². The molecule has 6 nitrogen and oxygen atoms in total. The smallest absolute Gasteiger partial charge is 0.253 e. The van der Waals surface area contributed by atoms with Gasteiger partial charge in [-0.1, -0.05) is 12.1 Å². The number of furan rings is 1. The van der Waals surface area contributed by atoms with Crippen LogP contribution in [0.2, 0.25) is 0 Å². The van der Waals surface area contributed by atoms with Crippen molar-refractivity contribution in [2.24, 2.45) is 0 Å². The van der Waals surface area contributed by atoms with E-state index < -0.39 is 5.60 Å². The van der Waals surface area contributed by atoms with Gasteiger partial charge in [0.1, 0.15) is 11.4 Å². The summed E-state index contributed by atoms with van der Waals surface area (Å²) in [7, 11) is 0. The van der Waals surface area contributed by atoms with E-state index in [9.17, 15) is 9.90 Å². The summed E-state index contributed by atoms with van der Waals surface area (Å²) in [5.74, 6) is 0.112. The molecule has 1 amide bonds. The number of benzene rings is 1. The molecule has 0 aliphatic heterocycles. The molecule has 3 aromatic rings. The van der Waals surface area contributed by atoms with Crippen molar-refractivity contribution in [2.45, 2.75) is 12.5 Å². The number of rotatable bonds is 5. The van der Waals surface area contributed by atoms with Crippen LogP contribution < -0.4 is 5.32 Å². The molecule has 2 aromatic heterocycles. The van der Waals surface area contributed by atoms with Crippen molar-refractivity contribution < 1.29 is 14.3 Å². The summed E-state index contributed by atoms with van der Waals surface area (Å²) in [6, 6.07) is 12.3. The van der Waals surface area contributed by atoms with Gasteiger partial charge >= 0.3 is 0 Å². The fraction of sp³-hybridized carbons (Fsp3) is 0.176. The second-order valence-electron chi connectivity index (χ2n) is 5.40. The molecular formula is C17H17N3O3. The Morgan fingerprint density at radius 2 is 2.13 bits per heavy atom. The maximum absolute atomic E-state index is 12.5. The predicted molar refractivity (Wildman–Crippen MR) is 84.2 cm³/mol. The van der Waals surface area contributed by atoms with Gasteiger partial charge in [0.2, 0.25) is 0 Å². The highest BCUT2D eigenvalue weighted by molar-refractivity contribution is 5.97. The van der Waals surface area contributed by atoms with E-state index in [0.29, 0.717) is 17.0 Å². The van der Waals surface area contributed by atoms with Crippen LogP contribution in [0.1, 0.15) is 23.0 Å². The lowest BCUT2D eigenvalue weighted by molar-refractivity contribution is 0.0330. The molecule has 0 saturated heterocycles. The third kappa shape index (κ3) is 3.17. The van der Waals surface area contributed by atoms with Gasteiger partial charge in [0.05, 0.1) is 24.1 Å². The zero-order valence-corrected chi connectivity index (χ0v) is 12.6. The Balaban J connectivity index is 1.77. The van der Waals surface area contributed by atoms with Gasteiger partial charge in [0.25, 0.3) is 5.91 Å². The van der Waals surface area contributed by atoms with Gasteiger partial charge < -0.3 is 14.8 Å². The molecule has 118 valence electrons. The molecule has 1 atom stereocenters. The maximum Gasteiger partial charge on any atom is 0.253 e. The van der Waals surface area contributed by atoms with Crippen LogP contribution in [0, 0.1) is 0 Å². The SMILES string of the molecule is CC(O)(CNC(=O)c1ccccc1-n1cccn1)c1ccco1. The third-order valence-corrected chi connectivity index (χ3v) is 3.55. The fourth-order valence-corrected chi connectivity index (χ4v) is 2.30. The maximum atomic E-state index is 12.5. The average molecular weight is 311 g/mol.